The molecule has 0 amide bonds. The van der Waals surface area contributed by atoms with Crippen LogP contribution < -0.4 is 20.1 Å². The summed E-state index contributed by atoms with van der Waals surface area (Å²) >= 11 is 0. The van der Waals surface area contributed by atoms with Gasteiger partial charge in [0.2, 0.25) is 5.95 Å². The van der Waals surface area contributed by atoms with Crippen molar-refractivity contribution in [2.75, 3.05) is 44.0 Å². The maximum absolute atomic E-state index is 5.91. The summed E-state index contributed by atoms with van der Waals surface area (Å²) in [5.74, 6) is 2.77. The third-order valence-corrected chi connectivity index (χ3v) is 6.48. The number of ether oxygens (including phenoxy) is 2. The van der Waals surface area contributed by atoms with Crippen molar-refractivity contribution in [1.82, 2.24) is 14.9 Å². The predicted molar refractivity (Wildman–Crippen MR) is 156 cm³/mol. The quantitative estimate of drug-likeness (QED) is 0.202. The average molecular weight is 512 g/mol. The number of aromatic nitrogens is 2. The van der Waals surface area contributed by atoms with Crippen molar-refractivity contribution in [3.05, 3.63) is 84.6 Å². The number of para-hydroxylation sites is 2. The van der Waals surface area contributed by atoms with Gasteiger partial charge in [-0.25, -0.2) is 4.98 Å². The summed E-state index contributed by atoms with van der Waals surface area (Å²) in [6.07, 6.45) is 2.81. The Morgan fingerprint density at radius 3 is 2.39 bits per heavy atom. The Labute approximate surface area is 225 Å². The van der Waals surface area contributed by atoms with Gasteiger partial charge < -0.3 is 25.0 Å². The zero-order valence-electron chi connectivity index (χ0n) is 22.7. The number of aryl methyl sites for hydroxylation is 1. The van der Waals surface area contributed by atoms with Crippen LogP contribution in [0.5, 0.6) is 11.5 Å². The number of rotatable bonds is 13. The molecule has 198 valence electrons. The summed E-state index contributed by atoms with van der Waals surface area (Å²) in [7, 11) is 1.66. The third-order valence-electron chi connectivity index (χ3n) is 6.48. The normalized spacial score (nSPS) is 10.9. The highest BCUT2D eigenvalue weighted by atomic mass is 16.5. The van der Waals surface area contributed by atoms with E-state index in [9.17, 15) is 0 Å². The second-order valence-corrected chi connectivity index (χ2v) is 8.86. The first-order valence-electron chi connectivity index (χ1n) is 13.2. The highest BCUT2D eigenvalue weighted by Crippen LogP contribution is 2.33. The van der Waals surface area contributed by atoms with Gasteiger partial charge in [-0.05, 0) is 67.0 Å². The average Bonchev–Trinajstić information content (AvgIpc) is 2.96. The maximum Gasteiger partial charge on any atom is 0.229 e. The van der Waals surface area contributed by atoms with E-state index >= 15 is 0 Å². The van der Waals surface area contributed by atoms with Crippen molar-refractivity contribution >= 4 is 23.1 Å². The van der Waals surface area contributed by atoms with Gasteiger partial charge in [0, 0.05) is 24.0 Å². The topological polar surface area (TPSA) is 71.5 Å². The minimum Gasteiger partial charge on any atom is -0.495 e. The van der Waals surface area contributed by atoms with Crippen molar-refractivity contribution in [3.8, 4) is 22.6 Å². The van der Waals surface area contributed by atoms with Gasteiger partial charge in [0.15, 0.2) is 0 Å². The molecule has 4 rings (SSSR count). The number of anilines is 4. The molecule has 0 bridgehead atoms. The predicted octanol–water partition coefficient (Wildman–Crippen LogP) is 6.92. The van der Waals surface area contributed by atoms with Crippen molar-refractivity contribution in [3.63, 3.8) is 0 Å². The van der Waals surface area contributed by atoms with E-state index in [4.69, 9.17) is 14.5 Å². The van der Waals surface area contributed by atoms with Crippen LogP contribution in [0.1, 0.15) is 26.3 Å². The lowest BCUT2D eigenvalue weighted by atomic mass is 10.0. The van der Waals surface area contributed by atoms with E-state index in [-0.39, 0.29) is 0 Å². The number of hydrogen-bond donors (Lipinski definition) is 2. The van der Waals surface area contributed by atoms with Crippen molar-refractivity contribution < 1.29 is 9.47 Å². The van der Waals surface area contributed by atoms with Crippen LogP contribution in [0.4, 0.5) is 23.1 Å². The molecule has 0 fully saturated rings. The first-order valence-corrected chi connectivity index (χ1v) is 13.2. The Kier molecular flexibility index (Phi) is 9.54. The summed E-state index contributed by atoms with van der Waals surface area (Å²) < 4.78 is 11.5. The van der Waals surface area contributed by atoms with Gasteiger partial charge in [-0.1, -0.05) is 57.2 Å². The molecule has 0 saturated heterocycles. The Morgan fingerprint density at radius 1 is 0.868 bits per heavy atom. The molecule has 0 spiro atoms. The summed E-state index contributed by atoms with van der Waals surface area (Å²) in [5, 5.41) is 6.79. The molecular formula is C31H37N5O2. The highest BCUT2D eigenvalue weighted by Gasteiger charge is 2.13. The fourth-order valence-corrected chi connectivity index (χ4v) is 4.18. The maximum atomic E-state index is 5.91. The van der Waals surface area contributed by atoms with Crippen LogP contribution in [0, 0.1) is 0 Å². The SMILES string of the molecule is CCc1cccc(-c2cnc(Nc3ccc(OCCN(CC)CC)cc3)nc2Nc2ccccc2OC)c1. The first kappa shape index (κ1) is 26.9. The molecule has 0 aliphatic heterocycles. The van der Waals surface area contributed by atoms with Gasteiger partial charge in [-0.15, -0.1) is 0 Å². The van der Waals surface area contributed by atoms with E-state index in [1.165, 1.54) is 5.56 Å². The molecule has 1 heterocycles. The monoisotopic (exact) mass is 511 g/mol. The van der Waals surface area contributed by atoms with Gasteiger partial charge in [0.05, 0.1) is 12.8 Å². The highest BCUT2D eigenvalue weighted by molar-refractivity contribution is 5.80. The molecule has 0 saturated carbocycles. The summed E-state index contributed by atoms with van der Waals surface area (Å²) in [5.41, 5.74) is 4.93. The van der Waals surface area contributed by atoms with Crippen molar-refractivity contribution in [2.45, 2.75) is 27.2 Å². The van der Waals surface area contributed by atoms with Gasteiger partial charge >= 0.3 is 0 Å². The van der Waals surface area contributed by atoms with E-state index in [0.717, 1.165) is 60.1 Å². The fourth-order valence-electron chi connectivity index (χ4n) is 4.18. The zero-order valence-corrected chi connectivity index (χ0v) is 22.7. The number of nitrogens with zero attached hydrogens (tertiary/aromatic N) is 3. The fraction of sp³-hybridized carbons (Fsp3) is 0.290. The van der Waals surface area contributed by atoms with Crippen LogP contribution in [0.3, 0.4) is 0 Å². The van der Waals surface area contributed by atoms with E-state index in [1.54, 1.807) is 7.11 Å². The Bertz CT molecular complexity index is 1310. The molecule has 4 aromatic rings. The number of hydrogen-bond acceptors (Lipinski definition) is 7. The van der Waals surface area contributed by atoms with Crippen LogP contribution in [-0.2, 0) is 6.42 Å². The molecule has 1 aromatic heterocycles. The molecule has 38 heavy (non-hydrogen) atoms. The number of likely N-dealkylation sites (N-methyl/N-ethyl adjacent to an activating group) is 1. The summed E-state index contributed by atoms with van der Waals surface area (Å²) in [6.45, 7) is 10.1. The summed E-state index contributed by atoms with van der Waals surface area (Å²) in [6, 6.07) is 24.1. The van der Waals surface area contributed by atoms with E-state index in [0.29, 0.717) is 18.4 Å². The van der Waals surface area contributed by atoms with Gasteiger partial charge in [-0.3, -0.25) is 0 Å². The van der Waals surface area contributed by atoms with Crippen molar-refractivity contribution in [1.29, 1.82) is 0 Å². The lowest BCUT2D eigenvalue weighted by Gasteiger charge is -2.18. The molecule has 3 aromatic carbocycles. The smallest absolute Gasteiger partial charge is 0.229 e. The second kappa shape index (κ2) is 13.4. The minimum absolute atomic E-state index is 0.494. The van der Waals surface area contributed by atoms with Gasteiger partial charge in [0.25, 0.3) is 0 Å². The van der Waals surface area contributed by atoms with Crippen LogP contribution >= 0.6 is 0 Å². The lowest BCUT2D eigenvalue weighted by Crippen LogP contribution is -2.27. The van der Waals surface area contributed by atoms with Crippen molar-refractivity contribution in [2.24, 2.45) is 0 Å². The van der Waals surface area contributed by atoms with E-state index in [1.807, 2.05) is 54.7 Å². The Balaban J connectivity index is 1.55. The standard InChI is InChI=1S/C31H37N5O2/c1-5-23-11-10-12-24(21-23)27-22-32-31(35-30(27)34-28-13-8-9-14-29(28)37-4)33-25-15-17-26(18-16-25)38-20-19-36(6-2)7-3/h8-18,21-22H,5-7,19-20H2,1-4H3,(H2,32,33,34,35). The first-order chi connectivity index (χ1) is 18.6. The number of methoxy groups -OCH3 is 1. The molecule has 7 nitrogen and oxygen atoms in total. The minimum atomic E-state index is 0.494. The molecule has 7 heteroatoms. The molecule has 0 atom stereocenters. The van der Waals surface area contributed by atoms with Gasteiger partial charge in [0.1, 0.15) is 23.9 Å². The third kappa shape index (κ3) is 7.01. The van der Waals surface area contributed by atoms with Crippen LogP contribution in [-0.4, -0.2) is 48.2 Å². The second-order valence-electron chi connectivity index (χ2n) is 8.86. The Hall–Kier alpha value is -4.10. The molecular weight excluding hydrogens is 474 g/mol. The summed E-state index contributed by atoms with van der Waals surface area (Å²) in [4.78, 5) is 11.8. The molecule has 0 radical (unpaired) electrons. The number of nitrogens with one attached hydrogen (secondary N) is 2. The van der Waals surface area contributed by atoms with Crippen LogP contribution in [0.25, 0.3) is 11.1 Å². The van der Waals surface area contributed by atoms with Crippen LogP contribution in [0.15, 0.2) is 79.0 Å². The largest absolute Gasteiger partial charge is 0.495 e. The van der Waals surface area contributed by atoms with Crippen LogP contribution in [0.2, 0.25) is 0 Å². The molecule has 2 N–H and O–H groups in total. The molecule has 0 aliphatic carbocycles. The van der Waals surface area contributed by atoms with E-state index < -0.39 is 0 Å². The Morgan fingerprint density at radius 2 is 1.66 bits per heavy atom. The van der Waals surface area contributed by atoms with Gasteiger partial charge in [-0.2, -0.15) is 4.98 Å². The van der Waals surface area contributed by atoms with E-state index in [2.05, 4.69) is 65.6 Å². The lowest BCUT2D eigenvalue weighted by molar-refractivity contribution is 0.223. The molecule has 0 unspecified atom stereocenters. The number of benzene rings is 3. The molecule has 0 aliphatic rings. The zero-order chi connectivity index (χ0) is 26.7.